The maximum absolute atomic E-state index is 14.6. The zero-order valence-corrected chi connectivity index (χ0v) is 22.0. The number of rotatable bonds is 8. The molecule has 1 aromatic carbocycles. The molecule has 3 heterocycles. The van der Waals surface area contributed by atoms with Crippen LogP contribution < -0.4 is 10.0 Å². The van der Waals surface area contributed by atoms with Gasteiger partial charge in [-0.25, -0.2) is 19.2 Å². The number of carboxylic acids is 1. The number of halogens is 5. The van der Waals surface area contributed by atoms with E-state index in [4.69, 9.17) is 9.90 Å². The molecule has 1 saturated heterocycles. The van der Waals surface area contributed by atoms with Crippen LogP contribution in [0.25, 0.3) is 0 Å². The maximum Gasteiger partial charge on any atom is 0.490 e. The number of hydrogen-bond acceptors (Lipinski definition) is 7. The Kier molecular flexibility index (Phi) is 9.98. The van der Waals surface area contributed by atoms with Crippen molar-refractivity contribution in [1.29, 1.82) is 0 Å². The Hall–Kier alpha value is -3.85. The Morgan fingerprint density at radius 1 is 1.02 bits per heavy atom. The van der Waals surface area contributed by atoms with E-state index in [9.17, 15) is 30.4 Å². The Morgan fingerprint density at radius 3 is 2.27 bits per heavy atom. The molecule has 0 amide bonds. The molecule has 0 atom stereocenters. The molecule has 9 nitrogen and oxygen atoms in total. The van der Waals surface area contributed by atoms with E-state index in [1.807, 2.05) is 6.07 Å². The molecule has 4 rings (SSSR count). The molecule has 1 aliphatic heterocycles. The second kappa shape index (κ2) is 13.0. The van der Waals surface area contributed by atoms with Gasteiger partial charge in [-0.05, 0) is 68.8 Å². The number of hydrogen-bond donors (Lipinski definition) is 3. The zero-order valence-electron chi connectivity index (χ0n) is 21.2. The number of pyridine rings is 2. The molecule has 3 N–H and O–H groups in total. The summed E-state index contributed by atoms with van der Waals surface area (Å²) in [5.74, 6) is -3.97. The van der Waals surface area contributed by atoms with Crippen LogP contribution in [0.4, 0.5) is 33.5 Å². The molecule has 1 fully saturated rings. The lowest BCUT2D eigenvalue weighted by atomic mass is 10.1. The van der Waals surface area contributed by atoms with E-state index in [1.165, 1.54) is 24.3 Å². The summed E-state index contributed by atoms with van der Waals surface area (Å²) >= 11 is 0. The number of aromatic nitrogens is 2. The highest BCUT2D eigenvalue weighted by Crippen LogP contribution is 2.23. The topological polar surface area (TPSA) is 125 Å². The zero-order chi connectivity index (χ0) is 29.5. The quantitative estimate of drug-likeness (QED) is 0.256. The highest BCUT2D eigenvalue weighted by atomic mass is 32.2. The summed E-state index contributed by atoms with van der Waals surface area (Å²) < 4.78 is 87.0. The van der Waals surface area contributed by atoms with E-state index in [1.54, 1.807) is 19.1 Å². The fourth-order valence-electron chi connectivity index (χ4n) is 3.84. The number of anilines is 2. The number of carbonyl (C=O) groups is 1. The summed E-state index contributed by atoms with van der Waals surface area (Å²) in [6.45, 7) is 4.64. The number of sulfonamides is 1. The van der Waals surface area contributed by atoms with Crippen LogP contribution in [-0.4, -0.2) is 53.6 Å². The minimum atomic E-state index is -5.08. The Bertz CT molecular complexity index is 1450. The molecule has 2 aromatic heterocycles. The third-order valence-electron chi connectivity index (χ3n) is 5.80. The molecule has 0 saturated carbocycles. The molecule has 0 radical (unpaired) electrons. The second-order valence-corrected chi connectivity index (χ2v) is 10.4. The number of nitrogens with one attached hydrogen (secondary N) is 2. The SMILES string of the molecule is Cc1nc(S(=O)(=O)Nc2cccc(F)n2)ccc1NCc1c(F)cccc1CN1CCCC1.O=C(O)C(F)(F)F. The average Bonchev–Trinajstić information content (AvgIpc) is 3.37. The van der Waals surface area contributed by atoms with Crippen LogP contribution in [0.15, 0.2) is 53.6 Å². The van der Waals surface area contributed by atoms with Crippen molar-refractivity contribution in [3.8, 4) is 0 Å². The van der Waals surface area contributed by atoms with Gasteiger partial charge < -0.3 is 10.4 Å². The number of nitrogens with zero attached hydrogens (tertiary/aromatic N) is 3. The summed E-state index contributed by atoms with van der Waals surface area (Å²) in [5.41, 5.74) is 2.54. The summed E-state index contributed by atoms with van der Waals surface area (Å²) in [4.78, 5) is 18.9. The third kappa shape index (κ3) is 8.58. The Labute approximate surface area is 227 Å². The minimum absolute atomic E-state index is 0.137. The highest BCUT2D eigenvalue weighted by molar-refractivity contribution is 7.92. The molecule has 15 heteroatoms. The second-order valence-electron chi connectivity index (χ2n) is 8.75. The Morgan fingerprint density at radius 2 is 1.68 bits per heavy atom. The van der Waals surface area contributed by atoms with Gasteiger partial charge in [0.15, 0.2) is 5.03 Å². The van der Waals surface area contributed by atoms with Gasteiger partial charge in [-0.15, -0.1) is 0 Å². The normalized spacial score (nSPS) is 13.8. The van der Waals surface area contributed by atoms with Gasteiger partial charge in [0.1, 0.15) is 11.6 Å². The maximum atomic E-state index is 14.6. The number of carboxylic acid groups (broad SMARTS) is 1. The van der Waals surface area contributed by atoms with Gasteiger partial charge in [-0.1, -0.05) is 18.2 Å². The van der Waals surface area contributed by atoms with Crippen molar-refractivity contribution in [1.82, 2.24) is 14.9 Å². The van der Waals surface area contributed by atoms with Crippen LogP contribution in [0.3, 0.4) is 0 Å². The predicted molar refractivity (Wildman–Crippen MR) is 136 cm³/mol. The number of aliphatic carboxylic acids is 1. The van der Waals surface area contributed by atoms with Crippen LogP contribution in [0.2, 0.25) is 0 Å². The number of aryl methyl sites for hydroxylation is 1. The smallest absolute Gasteiger partial charge is 0.475 e. The first-order valence-electron chi connectivity index (χ1n) is 11.9. The van der Waals surface area contributed by atoms with E-state index < -0.39 is 28.1 Å². The molecule has 3 aromatic rings. The van der Waals surface area contributed by atoms with Crippen molar-refractivity contribution in [2.24, 2.45) is 0 Å². The molecule has 0 spiro atoms. The molecule has 0 unspecified atom stereocenters. The van der Waals surface area contributed by atoms with Gasteiger partial charge in [-0.3, -0.25) is 9.62 Å². The van der Waals surface area contributed by atoms with Gasteiger partial charge in [0.25, 0.3) is 10.0 Å². The van der Waals surface area contributed by atoms with Crippen molar-refractivity contribution in [2.45, 2.75) is 44.1 Å². The molecule has 40 heavy (non-hydrogen) atoms. The molecule has 0 bridgehead atoms. The molecule has 216 valence electrons. The molecular formula is C25H26F5N5O4S. The van der Waals surface area contributed by atoms with Crippen molar-refractivity contribution in [2.75, 3.05) is 23.1 Å². The van der Waals surface area contributed by atoms with E-state index in [-0.39, 0.29) is 23.2 Å². The van der Waals surface area contributed by atoms with Gasteiger partial charge in [0, 0.05) is 18.7 Å². The summed E-state index contributed by atoms with van der Waals surface area (Å²) in [7, 11) is -4.05. The molecule has 0 aliphatic carbocycles. The fourth-order valence-corrected chi connectivity index (χ4v) is 4.84. The van der Waals surface area contributed by atoms with Gasteiger partial charge >= 0.3 is 12.1 Å². The van der Waals surface area contributed by atoms with Crippen LogP contribution in [-0.2, 0) is 27.9 Å². The van der Waals surface area contributed by atoms with Crippen molar-refractivity contribution in [3.05, 3.63) is 77.1 Å². The highest BCUT2D eigenvalue weighted by Gasteiger charge is 2.38. The van der Waals surface area contributed by atoms with Gasteiger partial charge in [0.2, 0.25) is 5.95 Å². The van der Waals surface area contributed by atoms with Crippen LogP contribution in [0.1, 0.15) is 29.7 Å². The van der Waals surface area contributed by atoms with Crippen molar-refractivity contribution in [3.63, 3.8) is 0 Å². The average molecular weight is 588 g/mol. The van der Waals surface area contributed by atoms with Crippen LogP contribution >= 0.6 is 0 Å². The van der Waals surface area contributed by atoms with Gasteiger partial charge in [0.05, 0.1) is 11.4 Å². The number of benzene rings is 1. The van der Waals surface area contributed by atoms with E-state index in [0.29, 0.717) is 23.5 Å². The van der Waals surface area contributed by atoms with Crippen molar-refractivity contribution >= 4 is 27.5 Å². The van der Waals surface area contributed by atoms with E-state index in [0.717, 1.165) is 37.6 Å². The number of alkyl halides is 3. The summed E-state index contributed by atoms with van der Waals surface area (Å²) in [5, 5.41) is 10.1. The summed E-state index contributed by atoms with van der Waals surface area (Å²) in [6, 6.07) is 11.8. The monoisotopic (exact) mass is 587 g/mol. The van der Waals surface area contributed by atoms with Gasteiger partial charge in [-0.2, -0.15) is 26.0 Å². The first-order chi connectivity index (χ1) is 18.8. The third-order valence-corrected chi connectivity index (χ3v) is 7.05. The van der Waals surface area contributed by atoms with Crippen LogP contribution in [0.5, 0.6) is 0 Å². The first kappa shape index (κ1) is 30.7. The lowest BCUT2D eigenvalue weighted by molar-refractivity contribution is -0.192. The standard InChI is InChI=1S/C23H25F2N5O2S.C2HF3O2/c1-16-20(10-11-23(27-16)33(31,32)29-22-9-5-8-21(25)28-22)26-14-18-17(6-4-7-19(18)24)15-30-12-2-3-13-30;3-2(4,5)1(6)7/h4-11,26H,2-3,12-15H2,1H3,(H,28,29);(H,6,7). The van der Waals surface area contributed by atoms with Crippen LogP contribution in [0, 0.1) is 18.7 Å². The van der Waals surface area contributed by atoms with Crippen molar-refractivity contribution < 1.29 is 40.3 Å². The molecular weight excluding hydrogens is 561 g/mol. The van der Waals surface area contributed by atoms with E-state index in [2.05, 4.69) is 24.9 Å². The minimum Gasteiger partial charge on any atom is -0.475 e. The fraction of sp³-hybridized carbons (Fsp3) is 0.320. The summed E-state index contributed by atoms with van der Waals surface area (Å²) in [6.07, 6.45) is -2.76. The lowest BCUT2D eigenvalue weighted by Crippen LogP contribution is -2.21. The Balaban J connectivity index is 0.000000559. The molecule has 1 aliphatic rings. The lowest BCUT2D eigenvalue weighted by Gasteiger charge is -2.19. The van der Waals surface area contributed by atoms with E-state index >= 15 is 0 Å². The first-order valence-corrected chi connectivity index (χ1v) is 13.4. The largest absolute Gasteiger partial charge is 0.490 e. The predicted octanol–water partition coefficient (Wildman–Crippen LogP) is 4.71. The number of likely N-dealkylation sites (tertiary alicyclic amines) is 1.